The minimum Gasteiger partial charge on any atom is -0.378 e. The highest BCUT2D eigenvalue weighted by Gasteiger charge is 2.37. The number of pyridine rings is 1. The fraction of sp³-hybridized carbons (Fsp3) is 0.333. The molecule has 0 bridgehead atoms. The Bertz CT molecular complexity index is 1160. The molecule has 0 unspecified atom stereocenters. The number of ether oxygens (including phenoxy) is 1. The topological polar surface area (TPSA) is 59.4 Å². The second-order valence-electron chi connectivity index (χ2n) is 7.53. The summed E-state index contributed by atoms with van der Waals surface area (Å²) in [5.74, 6) is -0.265. The summed E-state index contributed by atoms with van der Waals surface area (Å²) in [6, 6.07) is 2.80. The molecule has 176 valence electrons. The number of anilines is 2. The van der Waals surface area contributed by atoms with Crippen LogP contribution >= 0.6 is 0 Å². The summed E-state index contributed by atoms with van der Waals surface area (Å²) in [5.41, 5.74) is -2.59. The summed E-state index contributed by atoms with van der Waals surface area (Å²) in [6.07, 6.45) is -7.05. The lowest BCUT2D eigenvalue weighted by atomic mass is 10.1. The molecule has 3 aromatic rings. The molecule has 1 aliphatic rings. The molecule has 0 aliphatic carbocycles. The molecule has 1 amide bonds. The van der Waals surface area contributed by atoms with Gasteiger partial charge in [0.1, 0.15) is 5.82 Å². The SMILES string of the molecule is Cn1ccc2c(Nc3cc(C(F)(F)F)cc(C(F)(F)F)c3)ncc(C(=O)N3CCOCC3)c21. The first kappa shape index (κ1) is 22.9. The Morgan fingerprint density at radius 1 is 1.03 bits per heavy atom. The molecule has 6 nitrogen and oxygen atoms in total. The summed E-state index contributed by atoms with van der Waals surface area (Å²) < 4.78 is 86.0. The molecule has 1 N–H and O–H groups in total. The summed E-state index contributed by atoms with van der Waals surface area (Å²) in [7, 11) is 1.67. The standard InChI is InChI=1S/C21H18F6N4O2/c1-30-3-2-15-17(30)16(19(32)31-4-6-33-7-5-31)11-28-18(15)29-14-9-12(20(22,23)24)8-13(10-14)21(25,26)27/h2-3,8-11H,4-7H2,1H3,(H,28,29). The number of amides is 1. The molecule has 0 spiro atoms. The van der Waals surface area contributed by atoms with Gasteiger partial charge in [-0.15, -0.1) is 0 Å². The molecule has 4 rings (SSSR count). The van der Waals surface area contributed by atoms with Crippen LogP contribution in [0.4, 0.5) is 37.8 Å². The molecular formula is C21H18F6N4O2. The molecule has 33 heavy (non-hydrogen) atoms. The molecule has 2 aromatic heterocycles. The minimum atomic E-state index is -4.97. The van der Waals surface area contributed by atoms with Crippen molar-refractivity contribution in [1.82, 2.24) is 14.5 Å². The predicted octanol–water partition coefficient (Wildman–Crippen LogP) is 4.83. The lowest BCUT2D eigenvalue weighted by Gasteiger charge is -2.27. The molecule has 1 aliphatic heterocycles. The first-order valence-corrected chi connectivity index (χ1v) is 9.82. The van der Waals surface area contributed by atoms with Gasteiger partial charge in [-0.3, -0.25) is 4.79 Å². The zero-order chi connectivity index (χ0) is 24.0. The van der Waals surface area contributed by atoms with E-state index in [4.69, 9.17) is 4.74 Å². The zero-order valence-electron chi connectivity index (χ0n) is 17.2. The number of carbonyl (C=O) groups excluding carboxylic acids is 1. The predicted molar refractivity (Wildman–Crippen MR) is 107 cm³/mol. The van der Waals surface area contributed by atoms with Gasteiger partial charge in [0.25, 0.3) is 5.91 Å². The van der Waals surface area contributed by atoms with Crippen LogP contribution in [0.5, 0.6) is 0 Å². The van der Waals surface area contributed by atoms with Gasteiger partial charge < -0.3 is 19.5 Å². The molecule has 0 atom stereocenters. The number of morpholine rings is 1. The van der Waals surface area contributed by atoms with Crippen LogP contribution < -0.4 is 5.32 Å². The van der Waals surface area contributed by atoms with Crippen molar-refractivity contribution in [3.05, 3.63) is 53.3 Å². The van der Waals surface area contributed by atoms with E-state index in [1.165, 1.54) is 6.20 Å². The number of nitrogens with one attached hydrogen (secondary N) is 1. The smallest absolute Gasteiger partial charge is 0.378 e. The highest BCUT2D eigenvalue weighted by atomic mass is 19.4. The molecule has 0 saturated carbocycles. The molecular weight excluding hydrogens is 454 g/mol. The minimum absolute atomic E-state index is 0.0246. The Morgan fingerprint density at radius 2 is 1.64 bits per heavy atom. The van der Waals surface area contributed by atoms with Crippen LogP contribution in [0.3, 0.4) is 0 Å². The quantitative estimate of drug-likeness (QED) is 0.555. The van der Waals surface area contributed by atoms with Crippen molar-refractivity contribution in [3.8, 4) is 0 Å². The van der Waals surface area contributed by atoms with Crippen molar-refractivity contribution >= 4 is 28.3 Å². The third-order valence-corrected chi connectivity index (χ3v) is 5.28. The third kappa shape index (κ3) is 4.61. The Kier molecular flexibility index (Phi) is 5.72. The van der Waals surface area contributed by atoms with Crippen LogP contribution in [0, 0.1) is 0 Å². The summed E-state index contributed by atoms with van der Waals surface area (Å²) >= 11 is 0. The van der Waals surface area contributed by atoms with Gasteiger partial charge in [-0.1, -0.05) is 0 Å². The fourth-order valence-electron chi connectivity index (χ4n) is 3.67. The van der Waals surface area contributed by atoms with E-state index < -0.39 is 29.2 Å². The maximum absolute atomic E-state index is 13.2. The van der Waals surface area contributed by atoms with Gasteiger partial charge in [0.15, 0.2) is 0 Å². The van der Waals surface area contributed by atoms with Crippen LogP contribution in [-0.2, 0) is 24.1 Å². The summed E-state index contributed by atoms with van der Waals surface area (Å²) in [6.45, 7) is 1.59. The Hall–Kier alpha value is -3.28. The number of nitrogens with zero attached hydrogens (tertiary/aromatic N) is 3. The molecule has 1 fully saturated rings. The molecule has 3 heterocycles. The van der Waals surface area contributed by atoms with E-state index in [1.807, 2.05) is 0 Å². The van der Waals surface area contributed by atoms with Crippen LogP contribution in [0.1, 0.15) is 21.5 Å². The van der Waals surface area contributed by atoms with Gasteiger partial charge in [0, 0.05) is 43.6 Å². The summed E-state index contributed by atoms with van der Waals surface area (Å²) in [5, 5.41) is 2.94. The van der Waals surface area contributed by atoms with Gasteiger partial charge in [-0.25, -0.2) is 4.98 Å². The van der Waals surface area contributed by atoms with Crippen LogP contribution in [-0.4, -0.2) is 46.7 Å². The molecule has 1 saturated heterocycles. The number of aryl methyl sites for hydroxylation is 1. The van der Waals surface area contributed by atoms with Crippen molar-refractivity contribution in [2.45, 2.75) is 12.4 Å². The number of carbonyl (C=O) groups is 1. The zero-order valence-corrected chi connectivity index (χ0v) is 17.2. The van der Waals surface area contributed by atoms with Gasteiger partial charge >= 0.3 is 12.4 Å². The highest BCUT2D eigenvalue weighted by molar-refractivity contribution is 6.08. The third-order valence-electron chi connectivity index (χ3n) is 5.28. The van der Waals surface area contributed by atoms with E-state index in [2.05, 4.69) is 10.3 Å². The van der Waals surface area contributed by atoms with Crippen molar-refractivity contribution in [2.75, 3.05) is 31.6 Å². The highest BCUT2D eigenvalue weighted by Crippen LogP contribution is 2.38. The molecule has 1 aromatic carbocycles. The average molecular weight is 472 g/mol. The van der Waals surface area contributed by atoms with Crippen LogP contribution in [0.2, 0.25) is 0 Å². The molecule has 0 radical (unpaired) electrons. The largest absolute Gasteiger partial charge is 0.416 e. The second kappa shape index (κ2) is 8.25. The summed E-state index contributed by atoms with van der Waals surface area (Å²) in [4.78, 5) is 18.7. The first-order valence-electron chi connectivity index (χ1n) is 9.82. The number of halogens is 6. The Balaban J connectivity index is 1.76. The van der Waals surface area contributed by atoms with Gasteiger partial charge in [0.05, 0.1) is 35.4 Å². The number of alkyl halides is 6. The van der Waals surface area contributed by atoms with Crippen molar-refractivity contribution in [2.24, 2.45) is 7.05 Å². The van der Waals surface area contributed by atoms with Gasteiger partial charge in [-0.2, -0.15) is 26.3 Å². The van der Waals surface area contributed by atoms with E-state index in [1.54, 1.807) is 28.8 Å². The fourth-order valence-corrected chi connectivity index (χ4v) is 3.67. The normalized spacial score (nSPS) is 15.2. The maximum Gasteiger partial charge on any atom is 0.416 e. The maximum atomic E-state index is 13.2. The van der Waals surface area contributed by atoms with Gasteiger partial charge in [0.2, 0.25) is 0 Å². The van der Waals surface area contributed by atoms with Crippen molar-refractivity contribution in [1.29, 1.82) is 0 Å². The van der Waals surface area contributed by atoms with E-state index in [0.29, 0.717) is 49.3 Å². The number of hydrogen-bond donors (Lipinski definition) is 1. The number of rotatable bonds is 3. The molecule has 12 heteroatoms. The Morgan fingerprint density at radius 3 is 2.21 bits per heavy atom. The van der Waals surface area contributed by atoms with Crippen molar-refractivity contribution < 1.29 is 35.9 Å². The first-order chi connectivity index (χ1) is 15.4. The average Bonchev–Trinajstić information content (AvgIpc) is 3.15. The number of aromatic nitrogens is 2. The lowest BCUT2D eigenvalue weighted by molar-refractivity contribution is -0.143. The second-order valence-corrected chi connectivity index (χ2v) is 7.53. The number of fused-ring (bicyclic) bond motifs is 1. The van der Waals surface area contributed by atoms with Crippen molar-refractivity contribution in [3.63, 3.8) is 0 Å². The van der Waals surface area contributed by atoms with E-state index in [0.717, 1.165) is 0 Å². The van der Waals surface area contributed by atoms with E-state index in [-0.39, 0.29) is 23.4 Å². The van der Waals surface area contributed by atoms with E-state index >= 15 is 0 Å². The van der Waals surface area contributed by atoms with Gasteiger partial charge in [-0.05, 0) is 24.3 Å². The number of benzene rings is 1. The van der Waals surface area contributed by atoms with Crippen LogP contribution in [0.15, 0.2) is 36.7 Å². The Labute approximate surface area is 183 Å². The number of hydrogen-bond acceptors (Lipinski definition) is 4. The van der Waals surface area contributed by atoms with E-state index in [9.17, 15) is 31.1 Å². The monoisotopic (exact) mass is 472 g/mol. The van der Waals surface area contributed by atoms with Crippen LogP contribution in [0.25, 0.3) is 10.9 Å². The lowest BCUT2D eigenvalue weighted by Crippen LogP contribution is -2.40.